The smallest absolute Gasteiger partial charge is 0.269 e. The fraction of sp³-hybridized carbons (Fsp3) is 0.0769. The van der Waals surface area contributed by atoms with Crippen molar-refractivity contribution in [2.24, 2.45) is 0 Å². The molecule has 0 fully saturated rings. The van der Waals surface area contributed by atoms with Crippen LogP contribution < -0.4 is 5.32 Å². The Balaban J connectivity index is 2.06. The van der Waals surface area contributed by atoms with Gasteiger partial charge in [-0.1, -0.05) is 15.9 Å². The molecule has 0 unspecified atom stereocenters. The molecule has 0 bridgehead atoms. The molecular formula is C13H10BrFN2O2. The molecule has 0 saturated heterocycles. The number of nitro groups is 1. The van der Waals surface area contributed by atoms with E-state index < -0.39 is 4.92 Å². The third-order valence-corrected chi connectivity index (χ3v) is 3.06. The summed E-state index contributed by atoms with van der Waals surface area (Å²) < 4.78 is 14.3. The van der Waals surface area contributed by atoms with Gasteiger partial charge in [0.05, 0.1) is 4.92 Å². The van der Waals surface area contributed by atoms with Crippen molar-refractivity contribution >= 4 is 27.3 Å². The highest BCUT2D eigenvalue weighted by atomic mass is 79.9. The Kier molecular flexibility index (Phi) is 4.11. The fourth-order valence-electron chi connectivity index (χ4n) is 1.58. The standard InChI is InChI=1S/C13H10BrFN2O2/c14-10-1-6-13(15)9(7-10)8-16-11-2-4-12(5-3-11)17(18)19/h1-7,16H,8H2. The Morgan fingerprint density at radius 1 is 1.21 bits per heavy atom. The lowest BCUT2D eigenvalue weighted by molar-refractivity contribution is -0.384. The van der Waals surface area contributed by atoms with Crippen molar-refractivity contribution < 1.29 is 9.31 Å². The zero-order valence-corrected chi connectivity index (χ0v) is 11.4. The van der Waals surface area contributed by atoms with Crippen molar-refractivity contribution in [3.63, 3.8) is 0 Å². The zero-order valence-electron chi connectivity index (χ0n) is 9.77. The number of anilines is 1. The highest BCUT2D eigenvalue weighted by Gasteiger charge is 2.05. The van der Waals surface area contributed by atoms with E-state index in [9.17, 15) is 14.5 Å². The molecule has 0 aliphatic heterocycles. The van der Waals surface area contributed by atoms with Crippen molar-refractivity contribution in [3.8, 4) is 0 Å². The van der Waals surface area contributed by atoms with E-state index in [4.69, 9.17) is 0 Å². The monoisotopic (exact) mass is 324 g/mol. The highest BCUT2D eigenvalue weighted by Crippen LogP contribution is 2.19. The molecule has 4 nitrogen and oxygen atoms in total. The third-order valence-electron chi connectivity index (χ3n) is 2.57. The number of halogens is 2. The Morgan fingerprint density at radius 3 is 2.53 bits per heavy atom. The van der Waals surface area contributed by atoms with Crippen molar-refractivity contribution in [1.82, 2.24) is 0 Å². The number of hydrogen-bond donors (Lipinski definition) is 1. The van der Waals surface area contributed by atoms with Crippen LogP contribution >= 0.6 is 15.9 Å². The molecule has 0 saturated carbocycles. The van der Waals surface area contributed by atoms with Crippen LogP contribution in [-0.4, -0.2) is 4.92 Å². The van der Waals surface area contributed by atoms with Crippen LogP contribution in [0, 0.1) is 15.9 Å². The normalized spacial score (nSPS) is 10.2. The van der Waals surface area contributed by atoms with Gasteiger partial charge >= 0.3 is 0 Å². The largest absolute Gasteiger partial charge is 0.381 e. The molecule has 2 aromatic rings. The van der Waals surface area contributed by atoms with E-state index in [1.165, 1.54) is 18.2 Å². The number of hydrogen-bond acceptors (Lipinski definition) is 3. The summed E-state index contributed by atoms with van der Waals surface area (Å²) in [4.78, 5) is 10.0. The van der Waals surface area contributed by atoms with E-state index in [1.54, 1.807) is 24.3 Å². The Labute approximate surface area is 117 Å². The van der Waals surface area contributed by atoms with Crippen LogP contribution in [0.25, 0.3) is 0 Å². The molecule has 0 amide bonds. The van der Waals surface area contributed by atoms with Crippen LogP contribution in [-0.2, 0) is 6.54 Å². The second kappa shape index (κ2) is 5.79. The summed E-state index contributed by atoms with van der Waals surface area (Å²) in [5.74, 6) is -0.294. The van der Waals surface area contributed by atoms with Crippen molar-refractivity contribution in [2.75, 3.05) is 5.32 Å². The minimum atomic E-state index is -0.461. The number of non-ortho nitro benzene ring substituents is 1. The molecule has 2 aromatic carbocycles. The van der Waals surface area contributed by atoms with Gasteiger partial charge in [-0.25, -0.2) is 4.39 Å². The molecule has 0 radical (unpaired) electrons. The van der Waals surface area contributed by atoms with Gasteiger partial charge in [0.25, 0.3) is 5.69 Å². The molecule has 0 aliphatic carbocycles. The molecule has 6 heteroatoms. The lowest BCUT2D eigenvalue weighted by atomic mass is 10.2. The van der Waals surface area contributed by atoms with Gasteiger partial charge in [-0.15, -0.1) is 0 Å². The molecule has 0 aliphatic rings. The van der Waals surface area contributed by atoms with Crippen LogP contribution in [0.5, 0.6) is 0 Å². The molecule has 0 atom stereocenters. The lowest BCUT2D eigenvalue weighted by Crippen LogP contribution is -2.01. The van der Waals surface area contributed by atoms with Gasteiger partial charge in [-0.3, -0.25) is 10.1 Å². The van der Waals surface area contributed by atoms with Crippen molar-refractivity contribution in [3.05, 3.63) is 68.4 Å². The Bertz CT molecular complexity index is 602. The number of benzene rings is 2. The third kappa shape index (κ3) is 3.51. The second-order valence-corrected chi connectivity index (χ2v) is 4.81. The summed E-state index contributed by atoms with van der Waals surface area (Å²) in [7, 11) is 0. The van der Waals surface area contributed by atoms with E-state index in [2.05, 4.69) is 21.2 Å². The van der Waals surface area contributed by atoms with Gasteiger partial charge in [0, 0.05) is 34.4 Å². The lowest BCUT2D eigenvalue weighted by Gasteiger charge is -2.07. The minimum Gasteiger partial charge on any atom is -0.381 e. The zero-order chi connectivity index (χ0) is 13.8. The van der Waals surface area contributed by atoms with Gasteiger partial charge in [-0.2, -0.15) is 0 Å². The molecule has 98 valence electrons. The van der Waals surface area contributed by atoms with E-state index in [-0.39, 0.29) is 11.5 Å². The topological polar surface area (TPSA) is 55.2 Å². The summed E-state index contributed by atoms with van der Waals surface area (Å²) in [5.41, 5.74) is 1.25. The molecule has 2 rings (SSSR count). The maximum absolute atomic E-state index is 13.5. The van der Waals surface area contributed by atoms with Gasteiger partial charge in [-0.05, 0) is 30.3 Å². The van der Waals surface area contributed by atoms with Crippen LogP contribution in [0.3, 0.4) is 0 Å². The average Bonchev–Trinajstić information content (AvgIpc) is 2.40. The maximum atomic E-state index is 13.5. The van der Waals surface area contributed by atoms with Gasteiger partial charge in [0.1, 0.15) is 5.82 Å². The predicted molar refractivity (Wildman–Crippen MR) is 74.5 cm³/mol. The fourth-order valence-corrected chi connectivity index (χ4v) is 1.99. The number of rotatable bonds is 4. The van der Waals surface area contributed by atoms with E-state index in [0.717, 1.165) is 4.47 Å². The van der Waals surface area contributed by atoms with Gasteiger partial charge < -0.3 is 5.32 Å². The summed E-state index contributed by atoms with van der Waals surface area (Å²) in [5, 5.41) is 13.5. The number of nitrogens with one attached hydrogen (secondary N) is 1. The molecule has 0 heterocycles. The quantitative estimate of drug-likeness (QED) is 0.680. The minimum absolute atomic E-state index is 0.0270. The first-order valence-corrected chi connectivity index (χ1v) is 6.28. The molecule has 19 heavy (non-hydrogen) atoms. The summed E-state index contributed by atoms with van der Waals surface area (Å²) in [6.07, 6.45) is 0. The van der Waals surface area contributed by atoms with E-state index >= 15 is 0 Å². The van der Waals surface area contributed by atoms with Crippen LogP contribution in [0.4, 0.5) is 15.8 Å². The second-order valence-electron chi connectivity index (χ2n) is 3.89. The van der Waals surface area contributed by atoms with Crippen LogP contribution in [0.2, 0.25) is 0 Å². The molecular weight excluding hydrogens is 315 g/mol. The van der Waals surface area contributed by atoms with Gasteiger partial charge in [0.2, 0.25) is 0 Å². The summed E-state index contributed by atoms with van der Waals surface area (Å²) in [6, 6.07) is 10.7. The first-order valence-electron chi connectivity index (χ1n) is 5.48. The number of nitro benzene ring substituents is 1. The van der Waals surface area contributed by atoms with E-state index in [1.807, 2.05) is 0 Å². The van der Waals surface area contributed by atoms with Crippen molar-refractivity contribution in [2.45, 2.75) is 6.54 Å². The summed E-state index contributed by atoms with van der Waals surface area (Å²) >= 11 is 3.28. The van der Waals surface area contributed by atoms with Crippen molar-refractivity contribution in [1.29, 1.82) is 0 Å². The predicted octanol–water partition coefficient (Wildman–Crippen LogP) is 4.11. The SMILES string of the molecule is O=[N+]([O-])c1ccc(NCc2cc(Br)ccc2F)cc1. The number of nitrogens with zero attached hydrogens (tertiary/aromatic N) is 1. The maximum Gasteiger partial charge on any atom is 0.269 e. The summed E-state index contributed by atoms with van der Waals surface area (Å²) in [6.45, 7) is 0.309. The van der Waals surface area contributed by atoms with E-state index in [0.29, 0.717) is 17.8 Å². The molecule has 1 N–H and O–H groups in total. The first kappa shape index (κ1) is 13.5. The van der Waals surface area contributed by atoms with Gasteiger partial charge in [0.15, 0.2) is 0 Å². The molecule has 0 spiro atoms. The van der Waals surface area contributed by atoms with Crippen LogP contribution in [0.1, 0.15) is 5.56 Å². The van der Waals surface area contributed by atoms with Crippen LogP contribution in [0.15, 0.2) is 46.9 Å². The average molecular weight is 325 g/mol. The molecule has 0 aromatic heterocycles. The highest BCUT2D eigenvalue weighted by molar-refractivity contribution is 9.10. The Hall–Kier alpha value is -1.95. The first-order chi connectivity index (χ1) is 9.06. The Morgan fingerprint density at radius 2 is 1.89 bits per heavy atom.